The topological polar surface area (TPSA) is 41.8 Å². The Morgan fingerprint density at radius 1 is 1.20 bits per heavy atom. The highest BCUT2D eigenvalue weighted by molar-refractivity contribution is 7.88. The van der Waals surface area contributed by atoms with Crippen LogP contribution in [0.2, 0.25) is 0 Å². The van der Waals surface area contributed by atoms with Crippen LogP contribution in [0, 0.1) is 0 Å². The molecule has 1 atom stereocenters. The third kappa shape index (κ3) is 3.81. The minimum atomic E-state index is -3.17. The molecule has 1 N–H and O–H groups in total. The minimum absolute atomic E-state index is 0.118. The molecule has 1 aromatic rings. The zero-order valence-electron chi connectivity index (χ0n) is 12.4. The van der Waals surface area contributed by atoms with Crippen molar-refractivity contribution in [3.05, 3.63) is 35.9 Å². The van der Waals surface area contributed by atoms with Crippen molar-refractivity contribution in [1.29, 1.82) is 0 Å². The van der Waals surface area contributed by atoms with Gasteiger partial charge in [0, 0.05) is 0 Å². The lowest BCUT2D eigenvalue weighted by atomic mass is 10.2. The Morgan fingerprint density at radius 2 is 1.80 bits per heavy atom. The first-order valence-electron chi connectivity index (χ1n) is 7.39. The van der Waals surface area contributed by atoms with E-state index in [1.807, 2.05) is 30.3 Å². The summed E-state index contributed by atoms with van der Waals surface area (Å²) in [6, 6.07) is 10.0. The van der Waals surface area contributed by atoms with E-state index in [0.717, 1.165) is 25.1 Å². The van der Waals surface area contributed by atoms with Gasteiger partial charge in [0.1, 0.15) is 0 Å². The van der Waals surface area contributed by atoms with Crippen LogP contribution in [-0.4, -0.2) is 44.9 Å². The van der Waals surface area contributed by atoms with Crippen LogP contribution in [0.3, 0.4) is 0 Å². The van der Waals surface area contributed by atoms with Crippen LogP contribution >= 0.6 is 0 Å². The number of sulfonamides is 1. The van der Waals surface area contributed by atoms with Gasteiger partial charge in [-0.25, -0.2) is 8.42 Å². The van der Waals surface area contributed by atoms with E-state index in [1.54, 1.807) is 4.31 Å². The van der Waals surface area contributed by atoms with Gasteiger partial charge in [-0.05, 0) is 18.9 Å². The van der Waals surface area contributed by atoms with Crippen molar-refractivity contribution in [2.75, 3.05) is 26.2 Å². The van der Waals surface area contributed by atoms with Gasteiger partial charge in [0.2, 0.25) is 10.0 Å². The Balaban J connectivity index is 1.95. The summed E-state index contributed by atoms with van der Waals surface area (Å²) >= 11 is 0. The van der Waals surface area contributed by atoms with Gasteiger partial charge in [0.05, 0.1) is 38.0 Å². The van der Waals surface area contributed by atoms with Crippen molar-refractivity contribution in [2.45, 2.75) is 32.1 Å². The van der Waals surface area contributed by atoms with E-state index in [4.69, 9.17) is 0 Å². The molecular weight excluding hydrogens is 272 g/mol. The lowest BCUT2D eigenvalue weighted by Crippen LogP contribution is -3.17. The maximum atomic E-state index is 12.4. The van der Waals surface area contributed by atoms with Crippen LogP contribution in [0.25, 0.3) is 0 Å². The Labute approximate surface area is 122 Å². The predicted octanol–water partition coefficient (Wildman–Crippen LogP) is 0.515. The molecule has 1 saturated heterocycles. The summed E-state index contributed by atoms with van der Waals surface area (Å²) in [6.45, 7) is 7.56. The van der Waals surface area contributed by atoms with Crippen molar-refractivity contribution < 1.29 is 13.3 Å². The van der Waals surface area contributed by atoms with E-state index in [0.29, 0.717) is 19.1 Å². The lowest BCUT2D eigenvalue weighted by Gasteiger charge is -2.34. The van der Waals surface area contributed by atoms with Crippen LogP contribution in [0.5, 0.6) is 0 Å². The molecule has 5 heteroatoms. The number of hydrogen-bond donors (Lipinski definition) is 1. The highest BCUT2D eigenvalue weighted by Crippen LogP contribution is 2.10. The summed E-state index contributed by atoms with van der Waals surface area (Å²) in [5, 5.41) is 0. The summed E-state index contributed by atoms with van der Waals surface area (Å²) in [6.07, 6.45) is 1.14. The molecule has 1 heterocycles. The Morgan fingerprint density at radius 3 is 2.35 bits per heavy atom. The molecule has 1 aromatic carbocycles. The zero-order chi connectivity index (χ0) is 14.6. The first-order chi connectivity index (χ1) is 9.53. The number of nitrogens with one attached hydrogen (secondary N) is 1. The highest BCUT2D eigenvalue weighted by Gasteiger charge is 2.30. The summed E-state index contributed by atoms with van der Waals surface area (Å²) in [4.78, 5) is 1.53. The Hall–Kier alpha value is -0.910. The molecule has 0 radical (unpaired) electrons. The fourth-order valence-corrected chi connectivity index (χ4v) is 4.24. The number of rotatable bonds is 5. The van der Waals surface area contributed by atoms with Crippen molar-refractivity contribution in [3.8, 4) is 0 Å². The number of hydrogen-bond acceptors (Lipinski definition) is 2. The van der Waals surface area contributed by atoms with Gasteiger partial charge in [-0.1, -0.05) is 37.3 Å². The molecule has 0 bridgehead atoms. The zero-order valence-corrected chi connectivity index (χ0v) is 13.2. The van der Waals surface area contributed by atoms with Crippen molar-refractivity contribution in [3.63, 3.8) is 0 Å². The van der Waals surface area contributed by atoms with Crippen molar-refractivity contribution in [1.82, 2.24) is 4.31 Å². The van der Waals surface area contributed by atoms with Gasteiger partial charge in [0.15, 0.2) is 0 Å². The summed E-state index contributed by atoms with van der Waals surface area (Å²) < 4.78 is 26.5. The maximum Gasteiger partial charge on any atom is 0.218 e. The molecule has 0 unspecified atom stereocenters. The van der Waals surface area contributed by atoms with E-state index in [9.17, 15) is 8.42 Å². The van der Waals surface area contributed by atoms with Gasteiger partial charge in [-0.15, -0.1) is 0 Å². The van der Waals surface area contributed by atoms with Gasteiger partial charge >= 0.3 is 0 Å². The molecule has 0 aromatic heterocycles. The molecular formula is C15H25N2O2S+. The molecule has 0 spiro atoms. The Bertz CT molecular complexity index is 508. The van der Waals surface area contributed by atoms with Gasteiger partial charge in [0.25, 0.3) is 0 Å². The first kappa shape index (κ1) is 15.5. The second-order valence-corrected chi connectivity index (χ2v) is 7.58. The van der Waals surface area contributed by atoms with Crippen molar-refractivity contribution >= 4 is 10.0 Å². The largest absolute Gasteiger partial charge is 0.331 e. The summed E-state index contributed by atoms with van der Waals surface area (Å²) in [7, 11) is -3.17. The standard InChI is InChI=1S/C15H24N2O2S/c1-3-14(2)16-9-11-17(12-10-16)20(18,19)13-15-7-5-4-6-8-15/h4-8,14H,3,9-13H2,1-2H3/p+1/t14-/m1/s1. The molecule has 0 amide bonds. The first-order valence-corrected chi connectivity index (χ1v) is 9.00. The van der Waals surface area contributed by atoms with Crippen molar-refractivity contribution in [2.24, 2.45) is 0 Å². The van der Waals surface area contributed by atoms with Crippen LogP contribution in [0.4, 0.5) is 0 Å². The fourth-order valence-electron chi connectivity index (χ4n) is 2.71. The molecule has 2 rings (SSSR count). The molecule has 0 saturated carbocycles. The average molecular weight is 297 g/mol. The predicted molar refractivity (Wildman–Crippen MR) is 81.1 cm³/mol. The summed E-state index contributed by atoms with van der Waals surface area (Å²) in [5.74, 6) is 0.118. The molecule has 1 aliphatic rings. The lowest BCUT2D eigenvalue weighted by molar-refractivity contribution is -0.927. The molecule has 1 aliphatic heterocycles. The monoisotopic (exact) mass is 297 g/mol. The van der Waals surface area contributed by atoms with Gasteiger partial charge in [-0.2, -0.15) is 4.31 Å². The third-order valence-electron chi connectivity index (χ3n) is 4.26. The van der Waals surface area contributed by atoms with E-state index < -0.39 is 10.0 Å². The number of nitrogens with zero attached hydrogens (tertiary/aromatic N) is 1. The number of quaternary nitrogens is 1. The van der Waals surface area contributed by atoms with Crippen LogP contribution < -0.4 is 4.90 Å². The maximum absolute atomic E-state index is 12.4. The second-order valence-electron chi connectivity index (χ2n) is 5.61. The normalized spacial score (nSPS) is 19.9. The summed E-state index contributed by atoms with van der Waals surface area (Å²) in [5.41, 5.74) is 0.865. The molecule has 1 fully saturated rings. The van der Waals surface area contributed by atoms with E-state index in [1.165, 1.54) is 4.90 Å². The molecule has 112 valence electrons. The van der Waals surface area contributed by atoms with E-state index >= 15 is 0 Å². The second kappa shape index (κ2) is 6.70. The highest BCUT2D eigenvalue weighted by atomic mass is 32.2. The van der Waals surface area contributed by atoms with E-state index in [2.05, 4.69) is 13.8 Å². The molecule has 0 aliphatic carbocycles. The van der Waals surface area contributed by atoms with Crippen LogP contribution in [0.15, 0.2) is 30.3 Å². The fraction of sp³-hybridized carbons (Fsp3) is 0.600. The quantitative estimate of drug-likeness (QED) is 0.861. The average Bonchev–Trinajstić information content (AvgIpc) is 2.47. The molecule has 20 heavy (non-hydrogen) atoms. The van der Waals surface area contributed by atoms with Gasteiger partial charge < -0.3 is 4.90 Å². The molecule has 4 nitrogen and oxygen atoms in total. The third-order valence-corrected chi connectivity index (χ3v) is 6.11. The van der Waals surface area contributed by atoms with Crippen LogP contribution in [0.1, 0.15) is 25.8 Å². The minimum Gasteiger partial charge on any atom is -0.331 e. The van der Waals surface area contributed by atoms with E-state index in [-0.39, 0.29) is 5.75 Å². The number of piperazine rings is 1. The SMILES string of the molecule is CC[C@@H](C)[NH+]1CCN(S(=O)(=O)Cc2ccccc2)CC1. The van der Waals surface area contributed by atoms with Gasteiger partial charge in [-0.3, -0.25) is 0 Å². The smallest absolute Gasteiger partial charge is 0.218 e. The Kier molecular flexibility index (Phi) is 5.18. The van der Waals surface area contributed by atoms with Crippen LogP contribution in [-0.2, 0) is 15.8 Å². The number of benzene rings is 1.